The average Bonchev–Trinajstić information content (AvgIpc) is 2.77. The number of furan rings is 1. The molecule has 0 radical (unpaired) electrons. The topological polar surface area (TPSA) is 71.5 Å². The lowest BCUT2D eigenvalue weighted by molar-refractivity contribution is 0.0913. The van der Waals surface area contributed by atoms with Gasteiger partial charge < -0.3 is 15.5 Å². The van der Waals surface area contributed by atoms with Crippen molar-refractivity contribution in [2.45, 2.75) is 25.8 Å². The third-order valence-electron chi connectivity index (χ3n) is 3.41. The Morgan fingerprint density at radius 3 is 2.79 bits per heavy atom. The summed E-state index contributed by atoms with van der Waals surface area (Å²) >= 11 is 4.90. The number of likely N-dealkylation sites (tertiary alicyclic amines) is 1. The summed E-state index contributed by atoms with van der Waals surface area (Å²) in [5, 5.41) is 3.05. The third-order valence-corrected chi connectivity index (χ3v) is 3.53. The molecule has 104 valence electrons. The van der Waals surface area contributed by atoms with Crippen molar-refractivity contribution < 1.29 is 9.21 Å². The van der Waals surface area contributed by atoms with Crippen molar-refractivity contribution in [1.29, 1.82) is 0 Å². The van der Waals surface area contributed by atoms with E-state index in [0.717, 1.165) is 25.9 Å². The third kappa shape index (κ3) is 3.78. The van der Waals surface area contributed by atoms with Crippen LogP contribution in [0.5, 0.6) is 0 Å². The molecule has 0 atom stereocenters. The number of aryl methyl sites for hydroxylation is 1. The fraction of sp³-hybridized carbons (Fsp3) is 0.538. The largest absolute Gasteiger partial charge is 0.469 e. The Morgan fingerprint density at radius 1 is 1.58 bits per heavy atom. The standard InChI is InChI=1S/C13H19N3O2S/c1-9-11(4-7-18-9)13(17)15-10-2-5-16(6-3-10)8-12(14)19/h4,7,10H,2-3,5-6,8H2,1H3,(H2,14,19)(H,15,17). The van der Waals surface area contributed by atoms with Crippen LogP contribution in [-0.4, -0.2) is 41.5 Å². The summed E-state index contributed by atoms with van der Waals surface area (Å²) in [5.41, 5.74) is 6.15. The van der Waals surface area contributed by atoms with Gasteiger partial charge in [0.2, 0.25) is 0 Å². The first-order valence-corrected chi connectivity index (χ1v) is 6.82. The molecule has 1 fully saturated rings. The summed E-state index contributed by atoms with van der Waals surface area (Å²) in [6, 6.07) is 1.91. The summed E-state index contributed by atoms with van der Waals surface area (Å²) in [5.74, 6) is 0.600. The molecule has 0 aromatic carbocycles. The van der Waals surface area contributed by atoms with Crippen LogP contribution in [0.15, 0.2) is 16.7 Å². The molecule has 19 heavy (non-hydrogen) atoms. The number of nitrogens with one attached hydrogen (secondary N) is 1. The van der Waals surface area contributed by atoms with Crippen LogP contribution in [0.2, 0.25) is 0 Å². The van der Waals surface area contributed by atoms with E-state index in [4.69, 9.17) is 22.4 Å². The molecule has 2 heterocycles. The Labute approximate surface area is 118 Å². The molecule has 1 aliphatic heterocycles. The summed E-state index contributed by atoms with van der Waals surface area (Å²) < 4.78 is 5.14. The minimum Gasteiger partial charge on any atom is -0.469 e. The van der Waals surface area contributed by atoms with Gasteiger partial charge in [-0.2, -0.15) is 0 Å². The molecule has 1 saturated heterocycles. The molecule has 0 bridgehead atoms. The maximum Gasteiger partial charge on any atom is 0.255 e. The number of rotatable bonds is 4. The zero-order valence-corrected chi connectivity index (χ0v) is 11.8. The van der Waals surface area contributed by atoms with Gasteiger partial charge in [0.15, 0.2) is 0 Å². The zero-order chi connectivity index (χ0) is 13.8. The molecule has 1 aromatic heterocycles. The van der Waals surface area contributed by atoms with E-state index in [1.807, 2.05) is 0 Å². The van der Waals surface area contributed by atoms with Crippen molar-refractivity contribution in [1.82, 2.24) is 10.2 Å². The molecule has 1 aromatic rings. The summed E-state index contributed by atoms with van der Waals surface area (Å²) in [4.78, 5) is 14.8. The average molecular weight is 281 g/mol. The zero-order valence-electron chi connectivity index (χ0n) is 11.0. The second-order valence-electron chi connectivity index (χ2n) is 4.88. The Bertz CT molecular complexity index is 464. The second kappa shape index (κ2) is 6.16. The molecule has 5 nitrogen and oxygen atoms in total. The number of piperidine rings is 1. The normalized spacial score (nSPS) is 17.3. The number of carbonyl (C=O) groups excluding carboxylic acids is 1. The second-order valence-corrected chi connectivity index (χ2v) is 5.41. The molecule has 0 spiro atoms. The van der Waals surface area contributed by atoms with Gasteiger partial charge in [-0.15, -0.1) is 0 Å². The van der Waals surface area contributed by atoms with Gasteiger partial charge in [0, 0.05) is 25.7 Å². The first-order chi connectivity index (χ1) is 9.06. The van der Waals surface area contributed by atoms with Crippen LogP contribution in [0, 0.1) is 6.92 Å². The summed E-state index contributed by atoms with van der Waals surface area (Å²) in [7, 11) is 0. The number of thiocarbonyl (C=S) groups is 1. The van der Waals surface area contributed by atoms with Crippen LogP contribution in [-0.2, 0) is 0 Å². The predicted molar refractivity (Wildman–Crippen MR) is 77.2 cm³/mol. The van der Waals surface area contributed by atoms with Gasteiger partial charge in [0.1, 0.15) is 5.76 Å². The molecule has 1 amide bonds. The van der Waals surface area contributed by atoms with E-state index in [0.29, 0.717) is 22.9 Å². The highest BCUT2D eigenvalue weighted by Gasteiger charge is 2.22. The van der Waals surface area contributed by atoms with E-state index in [1.165, 1.54) is 6.26 Å². The van der Waals surface area contributed by atoms with Gasteiger partial charge in [-0.05, 0) is 25.8 Å². The first kappa shape index (κ1) is 14.0. The highest BCUT2D eigenvalue weighted by Crippen LogP contribution is 2.13. The van der Waals surface area contributed by atoms with E-state index >= 15 is 0 Å². The molecule has 0 unspecified atom stereocenters. The van der Waals surface area contributed by atoms with E-state index < -0.39 is 0 Å². The van der Waals surface area contributed by atoms with Crippen LogP contribution in [0.4, 0.5) is 0 Å². The molecule has 0 aliphatic carbocycles. The molecular formula is C13H19N3O2S. The summed E-state index contributed by atoms with van der Waals surface area (Å²) in [6.45, 7) is 4.27. The fourth-order valence-corrected chi connectivity index (χ4v) is 2.52. The van der Waals surface area contributed by atoms with Crippen LogP contribution < -0.4 is 11.1 Å². The lowest BCUT2D eigenvalue weighted by Gasteiger charge is -2.31. The molecule has 2 rings (SSSR count). The smallest absolute Gasteiger partial charge is 0.255 e. The van der Waals surface area contributed by atoms with Crippen LogP contribution in [0.1, 0.15) is 29.0 Å². The molecule has 0 saturated carbocycles. The van der Waals surface area contributed by atoms with Crippen molar-refractivity contribution in [3.63, 3.8) is 0 Å². The van der Waals surface area contributed by atoms with Gasteiger partial charge >= 0.3 is 0 Å². The maximum absolute atomic E-state index is 12.0. The van der Waals surface area contributed by atoms with Crippen LogP contribution >= 0.6 is 12.2 Å². The quantitative estimate of drug-likeness (QED) is 0.808. The van der Waals surface area contributed by atoms with E-state index in [1.54, 1.807) is 13.0 Å². The maximum atomic E-state index is 12.0. The number of hydrogen-bond donors (Lipinski definition) is 2. The molecular weight excluding hydrogens is 262 g/mol. The molecule has 1 aliphatic rings. The monoisotopic (exact) mass is 281 g/mol. The fourth-order valence-electron chi connectivity index (χ4n) is 2.34. The Hall–Kier alpha value is -1.40. The lowest BCUT2D eigenvalue weighted by atomic mass is 10.0. The lowest BCUT2D eigenvalue weighted by Crippen LogP contribution is -2.46. The van der Waals surface area contributed by atoms with E-state index in [2.05, 4.69) is 10.2 Å². The number of nitrogens with two attached hydrogens (primary N) is 1. The number of nitrogens with zero attached hydrogens (tertiary/aromatic N) is 1. The predicted octanol–water partition coefficient (Wildman–Crippen LogP) is 1.07. The number of amides is 1. The molecule has 6 heteroatoms. The minimum atomic E-state index is -0.0564. The first-order valence-electron chi connectivity index (χ1n) is 6.42. The van der Waals surface area contributed by atoms with E-state index in [-0.39, 0.29) is 11.9 Å². The number of carbonyl (C=O) groups is 1. The van der Waals surface area contributed by atoms with Gasteiger partial charge in [0.25, 0.3) is 5.91 Å². The highest BCUT2D eigenvalue weighted by molar-refractivity contribution is 7.80. The molecule has 3 N–H and O–H groups in total. The van der Waals surface area contributed by atoms with Crippen LogP contribution in [0.25, 0.3) is 0 Å². The SMILES string of the molecule is Cc1occc1C(=O)NC1CCN(CC(N)=S)CC1. The minimum absolute atomic E-state index is 0.0564. The Morgan fingerprint density at radius 2 is 2.26 bits per heavy atom. The van der Waals surface area contributed by atoms with Crippen LogP contribution in [0.3, 0.4) is 0 Å². The summed E-state index contributed by atoms with van der Waals surface area (Å²) in [6.07, 6.45) is 3.38. The van der Waals surface area contributed by atoms with Gasteiger partial charge in [-0.25, -0.2) is 0 Å². The van der Waals surface area contributed by atoms with Gasteiger partial charge in [-0.1, -0.05) is 12.2 Å². The van der Waals surface area contributed by atoms with Crippen molar-refractivity contribution in [2.24, 2.45) is 5.73 Å². The van der Waals surface area contributed by atoms with Crippen molar-refractivity contribution >= 4 is 23.1 Å². The van der Waals surface area contributed by atoms with Crippen molar-refractivity contribution in [3.8, 4) is 0 Å². The van der Waals surface area contributed by atoms with Crippen molar-refractivity contribution in [3.05, 3.63) is 23.7 Å². The highest BCUT2D eigenvalue weighted by atomic mass is 32.1. The number of hydrogen-bond acceptors (Lipinski definition) is 4. The van der Waals surface area contributed by atoms with Gasteiger partial charge in [-0.3, -0.25) is 9.69 Å². The Kier molecular flexibility index (Phi) is 4.55. The van der Waals surface area contributed by atoms with Gasteiger partial charge in [0.05, 0.1) is 16.8 Å². The Balaban J connectivity index is 1.81. The van der Waals surface area contributed by atoms with E-state index in [9.17, 15) is 4.79 Å². The van der Waals surface area contributed by atoms with Crippen molar-refractivity contribution in [2.75, 3.05) is 19.6 Å².